The fourth-order valence-electron chi connectivity index (χ4n) is 2.45. The van der Waals surface area contributed by atoms with E-state index < -0.39 is 0 Å². The van der Waals surface area contributed by atoms with Gasteiger partial charge in [0.25, 0.3) is 5.78 Å². The highest BCUT2D eigenvalue weighted by Crippen LogP contribution is 2.22. The molecule has 3 rings (SSSR count). The second-order valence-electron chi connectivity index (χ2n) is 5.08. The SMILES string of the molecule is COCCNc1c(Cc2ccccc2)c(C)nc2ncnn12. The Balaban J connectivity index is 2.02. The summed E-state index contributed by atoms with van der Waals surface area (Å²) in [5, 5.41) is 7.68. The summed E-state index contributed by atoms with van der Waals surface area (Å²) in [4.78, 5) is 8.72. The third kappa shape index (κ3) is 2.92. The van der Waals surface area contributed by atoms with Crippen LogP contribution in [0.5, 0.6) is 0 Å². The Kier molecular flexibility index (Phi) is 4.29. The van der Waals surface area contributed by atoms with Gasteiger partial charge >= 0.3 is 0 Å². The number of nitrogens with one attached hydrogen (secondary N) is 1. The predicted octanol–water partition coefficient (Wildman–Crippen LogP) is 2.08. The summed E-state index contributed by atoms with van der Waals surface area (Å²) >= 11 is 0. The molecule has 6 heteroatoms. The van der Waals surface area contributed by atoms with Crippen molar-refractivity contribution in [2.24, 2.45) is 0 Å². The van der Waals surface area contributed by atoms with Crippen LogP contribution >= 0.6 is 0 Å². The predicted molar refractivity (Wildman–Crippen MR) is 85.1 cm³/mol. The lowest BCUT2D eigenvalue weighted by atomic mass is 10.0. The molecular weight excluding hydrogens is 278 g/mol. The van der Waals surface area contributed by atoms with Gasteiger partial charge in [-0.1, -0.05) is 30.3 Å². The van der Waals surface area contributed by atoms with E-state index in [4.69, 9.17) is 4.74 Å². The monoisotopic (exact) mass is 297 g/mol. The summed E-state index contributed by atoms with van der Waals surface area (Å²) in [7, 11) is 1.69. The Morgan fingerprint density at radius 3 is 2.82 bits per heavy atom. The molecule has 0 saturated heterocycles. The van der Waals surface area contributed by atoms with Gasteiger partial charge in [-0.05, 0) is 12.5 Å². The van der Waals surface area contributed by atoms with Gasteiger partial charge < -0.3 is 10.1 Å². The molecular formula is C16H19N5O. The van der Waals surface area contributed by atoms with Crippen molar-refractivity contribution in [1.29, 1.82) is 0 Å². The van der Waals surface area contributed by atoms with Crippen LogP contribution in [0.2, 0.25) is 0 Å². The number of ether oxygens (including phenoxy) is 1. The van der Waals surface area contributed by atoms with Crippen molar-refractivity contribution in [3.8, 4) is 0 Å². The minimum absolute atomic E-state index is 0.606. The van der Waals surface area contributed by atoms with Gasteiger partial charge in [0.05, 0.1) is 6.61 Å². The van der Waals surface area contributed by atoms with Gasteiger partial charge in [0.15, 0.2) is 0 Å². The molecule has 0 bridgehead atoms. The summed E-state index contributed by atoms with van der Waals surface area (Å²) in [6, 6.07) is 10.3. The Morgan fingerprint density at radius 2 is 2.05 bits per heavy atom. The van der Waals surface area contributed by atoms with Crippen LogP contribution < -0.4 is 5.32 Å². The molecule has 2 aromatic heterocycles. The van der Waals surface area contributed by atoms with Gasteiger partial charge in [-0.2, -0.15) is 14.6 Å². The summed E-state index contributed by atoms with van der Waals surface area (Å²) in [5.41, 5.74) is 3.33. The third-order valence-electron chi connectivity index (χ3n) is 3.55. The van der Waals surface area contributed by atoms with Gasteiger partial charge in [0.1, 0.15) is 12.1 Å². The van der Waals surface area contributed by atoms with Crippen LogP contribution in [0.4, 0.5) is 5.82 Å². The number of fused-ring (bicyclic) bond motifs is 1. The molecule has 0 spiro atoms. The molecule has 114 valence electrons. The summed E-state index contributed by atoms with van der Waals surface area (Å²) in [6.07, 6.45) is 2.32. The molecule has 0 aliphatic rings. The minimum Gasteiger partial charge on any atom is -0.383 e. The van der Waals surface area contributed by atoms with Crippen LogP contribution in [0.25, 0.3) is 5.78 Å². The molecule has 3 aromatic rings. The van der Waals surface area contributed by atoms with Crippen molar-refractivity contribution < 1.29 is 4.74 Å². The summed E-state index contributed by atoms with van der Waals surface area (Å²) in [6.45, 7) is 3.34. The third-order valence-corrected chi connectivity index (χ3v) is 3.55. The normalized spacial score (nSPS) is 11.0. The number of methoxy groups -OCH3 is 1. The van der Waals surface area contributed by atoms with Crippen LogP contribution in [0.1, 0.15) is 16.8 Å². The van der Waals surface area contributed by atoms with E-state index in [1.807, 2.05) is 25.1 Å². The molecule has 2 heterocycles. The zero-order valence-corrected chi connectivity index (χ0v) is 12.8. The highest BCUT2D eigenvalue weighted by atomic mass is 16.5. The fourth-order valence-corrected chi connectivity index (χ4v) is 2.45. The maximum Gasteiger partial charge on any atom is 0.254 e. The Bertz CT molecular complexity index is 754. The molecule has 0 radical (unpaired) electrons. The molecule has 6 nitrogen and oxygen atoms in total. The van der Waals surface area contributed by atoms with Crippen LogP contribution in [-0.2, 0) is 11.2 Å². The zero-order valence-electron chi connectivity index (χ0n) is 12.8. The van der Waals surface area contributed by atoms with E-state index in [1.165, 1.54) is 11.9 Å². The average molecular weight is 297 g/mol. The highest BCUT2D eigenvalue weighted by molar-refractivity contribution is 5.54. The lowest BCUT2D eigenvalue weighted by Crippen LogP contribution is -2.15. The molecule has 22 heavy (non-hydrogen) atoms. The van der Waals surface area contributed by atoms with E-state index in [-0.39, 0.29) is 0 Å². The van der Waals surface area contributed by atoms with Crippen molar-refractivity contribution in [2.75, 3.05) is 25.6 Å². The topological polar surface area (TPSA) is 64.3 Å². The molecule has 0 aliphatic carbocycles. The number of hydrogen-bond donors (Lipinski definition) is 1. The van der Waals surface area contributed by atoms with Crippen LogP contribution in [-0.4, -0.2) is 39.8 Å². The van der Waals surface area contributed by atoms with Crippen molar-refractivity contribution in [3.05, 3.63) is 53.5 Å². The van der Waals surface area contributed by atoms with E-state index in [1.54, 1.807) is 11.6 Å². The second-order valence-corrected chi connectivity index (χ2v) is 5.08. The van der Waals surface area contributed by atoms with Gasteiger partial charge in [-0.3, -0.25) is 0 Å². The first-order valence-corrected chi connectivity index (χ1v) is 7.25. The van der Waals surface area contributed by atoms with Gasteiger partial charge in [-0.25, -0.2) is 4.98 Å². The van der Waals surface area contributed by atoms with E-state index in [0.29, 0.717) is 18.9 Å². The number of hydrogen-bond acceptors (Lipinski definition) is 5. The van der Waals surface area contributed by atoms with E-state index in [9.17, 15) is 0 Å². The van der Waals surface area contributed by atoms with Gasteiger partial charge in [0, 0.05) is 31.3 Å². The van der Waals surface area contributed by atoms with Crippen molar-refractivity contribution in [3.63, 3.8) is 0 Å². The van der Waals surface area contributed by atoms with Crippen LogP contribution in [0, 0.1) is 6.92 Å². The maximum absolute atomic E-state index is 5.12. The Labute approximate surface area is 129 Å². The lowest BCUT2D eigenvalue weighted by Gasteiger charge is -2.15. The first-order chi connectivity index (χ1) is 10.8. The van der Waals surface area contributed by atoms with Gasteiger partial charge in [0.2, 0.25) is 0 Å². The molecule has 0 amide bonds. The lowest BCUT2D eigenvalue weighted by molar-refractivity contribution is 0.210. The number of aryl methyl sites for hydroxylation is 1. The molecule has 0 saturated carbocycles. The standard InChI is InChI=1S/C16H19N5O/c1-12-14(10-13-6-4-3-5-7-13)15(17-8-9-22-2)21-16(20-12)18-11-19-21/h3-7,11,17H,8-10H2,1-2H3. The number of benzene rings is 1. The zero-order chi connectivity index (χ0) is 15.4. The number of rotatable bonds is 6. The number of aromatic nitrogens is 4. The largest absolute Gasteiger partial charge is 0.383 e. The number of nitrogens with zero attached hydrogens (tertiary/aromatic N) is 4. The summed E-state index contributed by atoms with van der Waals surface area (Å²) in [5.74, 6) is 1.54. The quantitative estimate of drug-likeness (QED) is 0.706. The number of anilines is 1. The van der Waals surface area contributed by atoms with Crippen molar-refractivity contribution in [2.45, 2.75) is 13.3 Å². The van der Waals surface area contributed by atoms with E-state index >= 15 is 0 Å². The average Bonchev–Trinajstić information content (AvgIpc) is 2.99. The first-order valence-electron chi connectivity index (χ1n) is 7.25. The molecule has 0 fully saturated rings. The molecule has 0 atom stereocenters. The Morgan fingerprint density at radius 1 is 1.23 bits per heavy atom. The molecule has 0 aliphatic heterocycles. The van der Waals surface area contributed by atoms with Crippen molar-refractivity contribution in [1.82, 2.24) is 19.6 Å². The molecule has 0 unspecified atom stereocenters. The van der Waals surface area contributed by atoms with E-state index in [0.717, 1.165) is 23.5 Å². The van der Waals surface area contributed by atoms with Gasteiger partial charge in [-0.15, -0.1) is 0 Å². The van der Waals surface area contributed by atoms with Crippen molar-refractivity contribution >= 4 is 11.6 Å². The second kappa shape index (κ2) is 6.53. The highest BCUT2D eigenvalue weighted by Gasteiger charge is 2.14. The molecule has 1 aromatic carbocycles. The van der Waals surface area contributed by atoms with Crippen LogP contribution in [0.15, 0.2) is 36.7 Å². The summed E-state index contributed by atoms with van der Waals surface area (Å²) < 4.78 is 6.87. The first kappa shape index (κ1) is 14.5. The smallest absolute Gasteiger partial charge is 0.254 e. The molecule has 1 N–H and O–H groups in total. The maximum atomic E-state index is 5.12. The Hall–Kier alpha value is -2.47. The van der Waals surface area contributed by atoms with E-state index in [2.05, 4.69) is 32.5 Å². The fraction of sp³-hybridized carbons (Fsp3) is 0.312. The van der Waals surface area contributed by atoms with Crippen LogP contribution in [0.3, 0.4) is 0 Å². The minimum atomic E-state index is 0.606.